The monoisotopic (exact) mass is 332 g/mol. The highest BCUT2D eigenvalue weighted by Crippen LogP contribution is 2.23. The molecule has 7 heteroatoms. The maximum absolute atomic E-state index is 14.2. The van der Waals surface area contributed by atoms with Crippen molar-refractivity contribution in [2.24, 2.45) is 13.0 Å². The number of hydrogen-bond acceptors (Lipinski definition) is 3. The van der Waals surface area contributed by atoms with Crippen LogP contribution in [0.3, 0.4) is 0 Å². The Labute approximate surface area is 140 Å². The lowest BCUT2D eigenvalue weighted by Gasteiger charge is -2.20. The SMILES string of the molecule is Cn1ccnc1[C@@H](NC(=O)NC[C@@H]1CCOC1)c1ccccc1F. The Balaban J connectivity index is 1.74. The Morgan fingerprint density at radius 2 is 2.33 bits per heavy atom. The molecule has 1 aromatic carbocycles. The molecule has 1 saturated heterocycles. The Morgan fingerprint density at radius 3 is 3.00 bits per heavy atom. The molecule has 1 aliphatic rings. The summed E-state index contributed by atoms with van der Waals surface area (Å²) in [5, 5.41) is 5.66. The summed E-state index contributed by atoms with van der Waals surface area (Å²) >= 11 is 0. The molecule has 0 spiro atoms. The number of ether oxygens (including phenoxy) is 1. The van der Waals surface area contributed by atoms with E-state index in [0.29, 0.717) is 30.5 Å². The number of amides is 2. The van der Waals surface area contributed by atoms with Gasteiger partial charge in [-0.1, -0.05) is 18.2 Å². The van der Waals surface area contributed by atoms with Crippen LogP contribution in [0.15, 0.2) is 36.7 Å². The fourth-order valence-electron chi connectivity index (χ4n) is 2.81. The van der Waals surface area contributed by atoms with Gasteiger partial charge in [-0.3, -0.25) is 0 Å². The smallest absolute Gasteiger partial charge is 0.315 e. The van der Waals surface area contributed by atoms with Gasteiger partial charge in [0, 0.05) is 44.1 Å². The van der Waals surface area contributed by atoms with E-state index in [0.717, 1.165) is 13.0 Å². The summed E-state index contributed by atoms with van der Waals surface area (Å²) in [5.41, 5.74) is 0.381. The number of benzene rings is 1. The van der Waals surface area contributed by atoms with Crippen LogP contribution in [0.2, 0.25) is 0 Å². The lowest BCUT2D eigenvalue weighted by molar-refractivity contribution is 0.185. The first-order valence-electron chi connectivity index (χ1n) is 7.99. The second kappa shape index (κ2) is 7.44. The zero-order chi connectivity index (χ0) is 16.9. The van der Waals surface area contributed by atoms with E-state index in [2.05, 4.69) is 15.6 Å². The number of aromatic nitrogens is 2. The molecular weight excluding hydrogens is 311 g/mol. The average molecular weight is 332 g/mol. The van der Waals surface area contributed by atoms with Crippen LogP contribution in [0.25, 0.3) is 0 Å². The molecule has 128 valence electrons. The largest absolute Gasteiger partial charge is 0.381 e. The summed E-state index contributed by atoms with van der Waals surface area (Å²) in [4.78, 5) is 16.5. The molecule has 0 saturated carbocycles. The van der Waals surface area contributed by atoms with Gasteiger partial charge < -0.3 is 19.9 Å². The van der Waals surface area contributed by atoms with Crippen LogP contribution in [-0.2, 0) is 11.8 Å². The Hall–Kier alpha value is -2.41. The summed E-state index contributed by atoms with van der Waals surface area (Å²) < 4.78 is 21.3. The number of carbonyl (C=O) groups is 1. The first-order valence-corrected chi connectivity index (χ1v) is 7.99. The Morgan fingerprint density at radius 1 is 1.50 bits per heavy atom. The van der Waals surface area contributed by atoms with E-state index in [1.807, 2.05) is 7.05 Å². The molecule has 2 amide bonds. The summed E-state index contributed by atoms with van der Waals surface area (Å²) in [6.07, 6.45) is 4.33. The number of halogens is 1. The number of aryl methyl sites for hydroxylation is 1. The van der Waals surface area contributed by atoms with Crippen molar-refractivity contribution in [2.45, 2.75) is 12.5 Å². The minimum Gasteiger partial charge on any atom is -0.381 e. The van der Waals surface area contributed by atoms with Gasteiger partial charge in [0.25, 0.3) is 0 Å². The number of nitrogens with one attached hydrogen (secondary N) is 2. The van der Waals surface area contributed by atoms with Gasteiger partial charge in [-0.2, -0.15) is 0 Å². The predicted octanol–water partition coefficient (Wildman–Crippen LogP) is 1.98. The third-order valence-corrected chi connectivity index (χ3v) is 4.18. The normalized spacial score (nSPS) is 18.3. The van der Waals surface area contributed by atoms with E-state index in [1.165, 1.54) is 6.07 Å². The lowest BCUT2D eigenvalue weighted by atomic mass is 10.1. The van der Waals surface area contributed by atoms with Gasteiger partial charge in [0.1, 0.15) is 17.7 Å². The van der Waals surface area contributed by atoms with Crippen molar-refractivity contribution in [3.05, 3.63) is 53.9 Å². The molecule has 3 rings (SSSR count). The quantitative estimate of drug-likeness (QED) is 0.880. The van der Waals surface area contributed by atoms with E-state index >= 15 is 0 Å². The highest BCUT2D eigenvalue weighted by Gasteiger charge is 2.24. The second-order valence-electron chi connectivity index (χ2n) is 5.93. The Bertz CT molecular complexity index is 697. The average Bonchev–Trinajstić information content (AvgIpc) is 3.23. The molecule has 1 aromatic heterocycles. The molecule has 1 fully saturated rings. The minimum atomic E-state index is -0.661. The third-order valence-electron chi connectivity index (χ3n) is 4.18. The topological polar surface area (TPSA) is 68.2 Å². The predicted molar refractivity (Wildman–Crippen MR) is 86.9 cm³/mol. The zero-order valence-corrected chi connectivity index (χ0v) is 13.5. The number of rotatable bonds is 5. The fraction of sp³-hybridized carbons (Fsp3) is 0.412. The van der Waals surface area contributed by atoms with E-state index in [-0.39, 0.29) is 11.8 Å². The van der Waals surface area contributed by atoms with Crippen molar-refractivity contribution in [2.75, 3.05) is 19.8 Å². The molecule has 0 radical (unpaired) electrons. The lowest BCUT2D eigenvalue weighted by Crippen LogP contribution is -2.41. The van der Waals surface area contributed by atoms with Gasteiger partial charge in [0.15, 0.2) is 0 Å². The van der Waals surface area contributed by atoms with Gasteiger partial charge >= 0.3 is 6.03 Å². The molecule has 0 unspecified atom stereocenters. The number of imidazole rings is 1. The summed E-state index contributed by atoms with van der Waals surface area (Å²) in [6, 6.07) is 5.38. The number of hydrogen-bond donors (Lipinski definition) is 2. The van der Waals surface area contributed by atoms with E-state index in [1.54, 1.807) is 35.2 Å². The molecule has 2 aromatic rings. The third kappa shape index (κ3) is 3.73. The highest BCUT2D eigenvalue weighted by molar-refractivity contribution is 5.74. The van der Waals surface area contributed by atoms with Crippen molar-refractivity contribution in [3.8, 4) is 0 Å². The maximum atomic E-state index is 14.2. The number of urea groups is 1. The van der Waals surface area contributed by atoms with Crippen LogP contribution in [0.1, 0.15) is 23.9 Å². The van der Waals surface area contributed by atoms with Crippen LogP contribution in [0.5, 0.6) is 0 Å². The molecule has 24 heavy (non-hydrogen) atoms. The van der Waals surface area contributed by atoms with Gasteiger partial charge in [-0.15, -0.1) is 0 Å². The molecule has 2 atom stereocenters. The van der Waals surface area contributed by atoms with Crippen molar-refractivity contribution >= 4 is 6.03 Å². The van der Waals surface area contributed by atoms with Gasteiger partial charge in [-0.25, -0.2) is 14.2 Å². The Kier molecular flexibility index (Phi) is 5.10. The van der Waals surface area contributed by atoms with Crippen LogP contribution in [-0.4, -0.2) is 35.3 Å². The first-order chi connectivity index (χ1) is 11.6. The van der Waals surface area contributed by atoms with Crippen molar-refractivity contribution in [3.63, 3.8) is 0 Å². The van der Waals surface area contributed by atoms with Crippen LogP contribution >= 0.6 is 0 Å². The number of carbonyl (C=O) groups excluding carboxylic acids is 1. The molecule has 2 heterocycles. The highest BCUT2D eigenvalue weighted by atomic mass is 19.1. The molecule has 0 bridgehead atoms. The fourth-order valence-corrected chi connectivity index (χ4v) is 2.81. The van der Waals surface area contributed by atoms with E-state index in [9.17, 15) is 9.18 Å². The second-order valence-corrected chi connectivity index (χ2v) is 5.93. The van der Waals surface area contributed by atoms with Crippen molar-refractivity contribution in [1.82, 2.24) is 20.2 Å². The molecule has 6 nitrogen and oxygen atoms in total. The van der Waals surface area contributed by atoms with Crippen LogP contribution in [0, 0.1) is 11.7 Å². The molecule has 2 N–H and O–H groups in total. The summed E-state index contributed by atoms with van der Waals surface area (Å²) in [5.74, 6) is 0.519. The van der Waals surface area contributed by atoms with Crippen molar-refractivity contribution in [1.29, 1.82) is 0 Å². The minimum absolute atomic E-state index is 0.329. The van der Waals surface area contributed by atoms with Gasteiger partial charge in [0.05, 0.1) is 6.61 Å². The number of nitrogens with zero attached hydrogens (tertiary/aromatic N) is 2. The maximum Gasteiger partial charge on any atom is 0.315 e. The van der Waals surface area contributed by atoms with Crippen molar-refractivity contribution < 1.29 is 13.9 Å². The van der Waals surface area contributed by atoms with Gasteiger partial charge in [-0.05, 0) is 12.5 Å². The zero-order valence-electron chi connectivity index (χ0n) is 13.5. The summed E-state index contributed by atoms with van der Waals surface area (Å²) in [6.45, 7) is 1.94. The van der Waals surface area contributed by atoms with E-state index in [4.69, 9.17) is 4.74 Å². The standard InChI is InChI=1S/C17H21FN4O2/c1-22-8-7-19-16(22)15(13-4-2-3-5-14(13)18)21-17(23)20-10-12-6-9-24-11-12/h2-5,7-8,12,15H,6,9-11H2,1H3,(H2,20,21,23)/t12-,15-/m0/s1. The molecule has 1 aliphatic heterocycles. The first kappa shape index (κ1) is 16.4. The van der Waals surface area contributed by atoms with Crippen LogP contribution < -0.4 is 10.6 Å². The summed E-state index contributed by atoms with van der Waals surface area (Å²) in [7, 11) is 1.81. The molecular formula is C17H21FN4O2. The molecule has 0 aliphatic carbocycles. The van der Waals surface area contributed by atoms with Crippen LogP contribution in [0.4, 0.5) is 9.18 Å². The van der Waals surface area contributed by atoms with Gasteiger partial charge in [0.2, 0.25) is 0 Å². The van der Waals surface area contributed by atoms with E-state index < -0.39 is 6.04 Å².